The maximum atomic E-state index is 13.2. The van der Waals surface area contributed by atoms with E-state index in [2.05, 4.69) is 10.5 Å². The Morgan fingerprint density at radius 3 is 2.50 bits per heavy atom. The zero-order chi connectivity index (χ0) is 19.9. The molecule has 6 nitrogen and oxygen atoms in total. The Morgan fingerprint density at radius 2 is 1.82 bits per heavy atom. The Hall–Kier alpha value is -3.19. The monoisotopic (exact) mass is 399 g/mol. The fourth-order valence-electron chi connectivity index (χ4n) is 3.12. The minimum absolute atomic E-state index is 0.0674. The van der Waals surface area contributed by atoms with E-state index in [0.29, 0.717) is 22.0 Å². The lowest BCUT2D eigenvalue weighted by atomic mass is 9.92. The third-order valence-corrected chi connectivity index (χ3v) is 4.96. The molecule has 4 rings (SSSR count). The number of hydrogen-bond donors (Lipinski definition) is 1. The molecule has 1 fully saturated rings. The number of nitrogens with one attached hydrogen (secondary N) is 1. The third kappa shape index (κ3) is 3.14. The summed E-state index contributed by atoms with van der Waals surface area (Å²) in [4.78, 5) is 26.4. The number of imide groups is 1. The molecule has 8 heteroatoms. The van der Waals surface area contributed by atoms with Crippen molar-refractivity contribution in [3.8, 4) is 11.3 Å². The number of carbonyl (C=O) groups is 2. The molecule has 1 atom stereocenters. The molecular formula is C20H15ClFN3O3. The van der Waals surface area contributed by atoms with E-state index in [0.717, 1.165) is 10.5 Å². The van der Waals surface area contributed by atoms with Crippen LogP contribution in [0.3, 0.4) is 0 Å². The van der Waals surface area contributed by atoms with Gasteiger partial charge in [-0.3, -0.25) is 9.69 Å². The van der Waals surface area contributed by atoms with Crippen molar-refractivity contribution in [3.63, 3.8) is 0 Å². The highest BCUT2D eigenvalue weighted by atomic mass is 35.5. The van der Waals surface area contributed by atoms with Crippen LogP contribution in [0.15, 0.2) is 59.1 Å². The molecule has 1 N–H and O–H groups in total. The summed E-state index contributed by atoms with van der Waals surface area (Å²) < 4.78 is 18.5. The zero-order valence-corrected chi connectivity index (χ0v) is 15.5. The molecule has 3 amide bonds. The smallest absolute Gasteiger partial charge is 0.325 e. The van der Waals surface area contributed by atoms with Gasteiger partial charge in [0.25, 0.3) is 5.91 Å². The Morgan fingerprint density at radius 1 is 1.14 bits per heavy atom. The normalized spacial score (nSPS) is 19.2. The van der Waals surface area contributed by atoms with Crippen molar-refractivity contribution in [2.24, 2.45) is 0 Å². The fraction of sp³-hybridized carbons (Fsp3) is 0.150. The van der Waals surface area contributed by atoms with Crippen LogP contribution in [0.25, 0.3) is 11.3 Å². The number of rotatable bonds is 4. The van der Waals surface area contributed by atoms with Gasteiger partial charge in [-0.1, -0.05) is 41.0 Å². The summed E-state index contributed by atoms with van der Waals surface area (Å²) >= 11 is 5.88. The van der Waals surface area contributed by atoms with E-state index in [-0.39, 0.29) is 6.54 Å². The summed E-state index contributed by atoms with van der Waals surface area (Å²) in [6, 6.07) is 13.6. The van der Waals surface area contributed by atoms with Crippen LogP contribution in [0.1, 0.15) is 18.2 Å². The highest BCUT2D eigenvalue weighted by Gasteiger charge is 2.49. The standard InChI is InChI=1S/C20H15ClFN3O3/c1-20(13-4-8-15(22)9-5-13)18(26)25(19(27)23-20)11-16-10-17(24-28-16)12-2-6-14(21)7-3-12/h2-10H,11H2,1H3,(H,23,27). The Kier molecular flexibility index (Phi) is 4.39. The molecular weight excluding hydrogens is 385 g/mol. The van der Waals surface area contributed by atoms with Gasteiger partial charge in [0, 0.05) is 16.7 Å². The summed E-state index contributed by atoms with van der Waals surface area (Å²) in [5.41, 5.74) is 0.589. The second-order valence-electron chi connectivity index (χ2n) is 6.64. The van der Waals surface area contributed by atoms with Crippen molar-refractivity contribution in [1.29, 1.82) is 0 Å². The summed E-state index contributed by atoms with van der Waals surface area (Å²) in [6.07, 6.45) is 0. The van der Waals surface area contributed by atoms with E-state index in [9.17, 15) is 14.0 Å². The van der Waals surface area contributed by atoms with Crippen molar-refractivity contribution in [3.05, 3.63) is 76.8 Å². The fourth-order valence-corrected chi connectivity index (χ4v) is 3.25. The molecule has 28 heavy (non-hydrogen) atoms. The van der Waals surface area contributed by atoms with Gasteiger partial charge in [-0.15, -0.1) is 0 Å². The molecule has 0 spiro atoms. The second-order valence-corrected chi connectivity index (χ2v) is 7.08. The molecule has 0 radical (unpaired) electrons. The molecule has 1 aromatic heterocycles. The number of urea groups is 1. The molecule has 2 aromatic carbocycles. The maximum absolute atomic E-state index is 13.2. The van der Waals surface area contributed by atoms with E-state index < -0.39 is 23.3 Å². The van der Waals surface area contributed by atoms with Crippen LogP contribution in [-0.4, -0.2) is 22.0 Å². The Labute approximate surface area is 164 Å². The van der Waals surface area contributed by atoms with Crippen LogP contribution in [0.5, 0.6) is 0 Å². The molecule has 1 saturated heterocycles. The summed E-state index contributed by atoms with van der Waals surface area (Å²) in [6.45, 7) is 1.52. The van der Waals surface area contributed by atoms with Crippen molar-refractivity contribution in [1.82, 2.24) is 15.4 Å². The van der Waals surface area contributed by atoms with Gasteiger partial charge in [-0.2, -0.15) is 0 Å². The maximum Gasteiger partial charge on any atom is 0.325 e. The van der Waals surface area contributed by atoms with Crippen molar-refractivity contribution in [2.75, 3.05) is 0 Å². The number of carbonyl (C=O) groups excluding carboxylic acids is 2. The van der Waals surface area contributed by atoms with E-state index in [1.807, 2.05) is 0 Å². The van der Waals surface area contributed by atoms with Gasteiger partial charge in [0.2, 0.25) is 0 Å². The number of aromatic nitrogens is 1. The molecule has 0 saturated carbocycles. The average Bonchev–Trinajstić information content (AvgIpc) is 3.22. The summed E-state index contributed by atoms with van der Waals surface area (Å²) in [7, 11) is 0. The predicted octanol–water partition coefficient (Wildman–Crippen LogP) is 4.10. The number of benzene rings is 2. The van der Waals surface area contributed by atoms with Crippen molar-refractivity contribution < 1.29 is 18.5 Å². The first-order valence-electron chi connectivity index (χ1n) is 8.48. The zero-order valence-electron chi connectivity index (χ0n) is 14.8. The molecule has 1 unspecified atom stereocenters. The molecule has 1 aliphatic rings. The molecule has 0 bridgehead atoms. The number of halogens is 2. The topological polar surface area (TPSA) is 75.4 Å². The van der Waals surface area contributed by atoms with Crippen LogP contribution >= 0.6 is 11.6 Å². The number of nitrogens with zero attached hydrogens (tertiary/aromatic N) is 2. The van der Waals surface area contributed by atoms with Crippen molar-refractivity contribution in [2.45, 2.75) is 19.0 Å². The van der Waals surface area contributed by atoms with Crippen LogP contribution in [0, 0.1) is 5.82 Å². The molecule has 2 heterocycles. The molecule has 142 valence electrons. The van der Waals surface area contributed by atoms with Gasteiger partial charge in [0.1, 0.15) is 17.1 Å². The Bertz CT molecular complexity index is 1050. The Balaban J connectivity index is 1.55. The SMILES string of the molecule is CC1(c2ccc(F)cc2)NC(=O)N(Cc2cc(-c3ccc(Cl)cc3)no2)C1=O. The van der Waals surface area contributed by atoms with Gasteiger partial charge in [0.15, 0.2) is 5.76 Å². The van der Waals surface area contributed by atoms with Gasteiger partial charge in [0.05, 0.1) is 6.54 Å². The lowest BCUT2D eigenvalue weighted by Gasteiger charge is -2.21. The lowest BCUT2D eigenvalue weighted by Crippen LogP contribution is -2.40. The average molecular weight is 400 g/mol. The van der Waals surface area contributed by atoms with Gasteiger partial charge < -0.3 is 9.84 Å². The number of hydrogen-bond acceptors (Lipinski definition) is 4. The van der Waals surface area contributed by atoms with Crippen LogP contribution in [0.2, 0.25) is 5.02 Å². The number of amides is 3. The van der Waals surface area contributed by atoms with Crippen LogP contribution in [-0.2, 0) is 16.9 Å². The van der Waals surface area contributed by atoms with Gasteiger partial charge >= 0.3 is 6.03 Å². The predicted molar refractivity (Wildman–Crippen MR) is 99.8 cm³/mol. The second kappa shape index (κ2) is 6.76. The van der Waals surface area contributed by atoms with Gasteiger partial charge in [-0.05, 0) is 36.8 Å². The third-order valence-electron chi connectivity index (χ3n) is 4.71. The lowest BCUT2D eigenvalue weighted by molar-refractivity contribution is -0.131. The van der Waals surface area contributed by atoms with Gasteiger partial charge in [-0.25, -0.2) is 9.18 Å². The summed E-state index contributed by atoms with van der Waals surface area (Å²) in [5, 5.41) is 7.26. The summed E-state index contributed by atoms with van der Waals surface area (Å²) in [5.74, 6) is -0.511. The first kappa shape index (κ1) is 18.2. The quantitative estimate of drug-likeness (QED) is 0.670. The van der Waals surface area contributed by atoms with E-state index in [1.165, 1.54) is 24.3 Å². The highest BCUT2D eigenvalue weighted by molar-refractivity contribution is 6.30. The van der Waals surface area contributed by atoms with E-state index >= 15 is 0 Å². The first-order chi connectivity index (χ1) is 13.4. The van der Waals surface area contributed by atoms with E-state index in [1.54, 1.807) is 37.3 Å². The molecule has 0 aliphatic carbocycles. The minimum Gasteiger partial charge on any atom is -0.359 e. The van der Waals surface area contributed by atoms with Crippen LogP contribution < -0.4 is 5.32 Å². The minimum atomic E-state index is -1.27. The largest absolute Gasteiger partial charge is 0.359 e. The first-order valence-corrected chi connectivity index (χ1v) is 8.86. The molecule has 1 aliphatic heterocycles. The van der Waals surface area contributed by atoms with E-state index in [4.69, 9.17) is 16.1 Å². The van der Waals surface area contributed by atoms with Crippen LogP contribution in [0.4, 0.5) is 9.18 Å². The highest BCUT2D eigenvalue weighted by Crippen LogP contribution is 2.30. The van der Waals surface area contributed by atoms with Crippen molar-refractivity contribution >= 4 is 23.5 Å². The molecule has 3 aromatic rings.